The van der Waals surface area contributed by atoms with Crippen molar-refractivity contribution < 1.29 is 31.5 Å². The van der Waals surface area contributed by atoms with Crippen LogP contribution in [0.1, 0.15) is 34.3 Å². The van der Waals surface area contributed by atoms with Gasteiger partial charge in [-0.25, -0.2) is 18.4 Å². The van der Waals surface area contributed by atoms with E-state index in [-0.39, 0.29) is 30.8 Å². The van der Waals surface area contributed by atoms with E-state index in [1.807, 2.05) is 0 Å². The highest BCUT2D eigenvalue weighted by Gasteiger charge is 2.35. The SMILES string of the molecule is CN(c1ncccc1CNc1nc(Nc2ccc(C(=O)N3CCCC(O)C3)cc2)ncc1C(F)(F)F)S(C)(=O)=O. The predicted molar refractivity (Wildman–Crippen MR) is 143 cm³/mol. The van der Waals surface area contributed by atoms with Gasteiger partial charge < -0.3 is 20.6 Å². The zero-order valence-corrected chi connectivity index (χ0v) is 22.5. The lowest BCUT2D eigenvalue weighted by atomic mass is 10.1. The number of amides is 1. The van der Waals surface area contributed by atoms with Crippen LogP contribution in [0, 0.1) is 0 Å². The summed E-state index contributed by atoms with van der Waals surface area (Å²) < 4.78 is 66.0. The molecule has 3 heterocycles. The molecule has 11 nitrogen and oxygen atoms in total. The summed E-state index contributed by atoms with van der Waals surface area (Å²) in [5.41, 5.74) is 0.0645. The molecule has 3 aromatic rings. The first kappa shape index (κ1) is 29.0. The molecule has 1 amide bonds. The Morgan fingerprint density at radius 3 is 2.58 bits per heavy atom. The van der Waals surface area contributed by atoms with Gasteiger partial charge in [-0.05, 0) is 43.2 Å². The van der Waals surface area contributed by atoms with E-state index >= 15 is 0 Å². The number of aliphatic hydroxyl groups excluding tert-OH is 1. The first-order valence-corrected chi connectivity index (χ1v) is 14.1. The Hall–Kier alpha value is -3.98. The minimum atomic E-state index is -4.76. The van der Waals surface area contributed by atoms with Crippen molar-refractivity contribution >= 4 is 39.2 Å². The van der Waals surface area contributed by atoms with E-state index in [4.69, 9.17) is 0 Å². The summed E-state index contributed by atoms with van der Waals surface area (Å²) in [4.78, 5) is 26.1. The number of β-amino-alcohol motifs (C(OH)–C–C–N with tert-alkyl or cyclic N) is 1. The van der Waals surface area contributed by atoms with Crippen molar-refractivity contribution in [2.24, 2.45) is 0 Å². The second-order valence-electron chi connectivity index (χ2n) is 9.27. The van der Waals surface area contributed by atoms with Crippen molar-refractivity contribution in [2.75, 3.05) is 41.3 Å². The number of aromatic nitrogens is 3. The average molecular weight is 580 g/mol. The van der Waals surface area contributed by atoms with E-state index in [0.717, 1.165) is 10.6 Å². The highest BCUT2D eigenvalue weighted by molar-refractivity contribution is 7.92. The number of hydrogen-bond acceptors (Lipinski definition) is 9. The van der Waals surface area contributed by atoms with Crippen molar-refractivity contribution in [3.8, 4) is 0 Å². The molecule has 2 aromatic heterocycles. The van der Waals surface area contributed by atoms with Crippen LogP contribution in [0.4, 0.5) is 36.4 Å². The number of hydrogen-bond donors (Lipinski definition) is 3. The Bertz CT molecular complexity index is 1470. The molecular weight excluding hydrogens is 551 g/mol. The van der Waals surface area contributed by atoms with Crippen LogP contribution in [-0.2, 0) is 22.7 Å². The molecule has 1 fully saturated rings. The third kappa shape index (κ3) is 6.96. The van der Waals surface area contributed by atoms with Gasteiger partial charge in [0.2, 0.25) is 16.0 Å². The van der Waals surface area contributed by atoms with Crippen LogP contribution in [0.25, 0.3) is 0 Å². The number of nitrogens with zero attached hydrogens (tertiary/aromatic N) is 5. The Morgan fingerprint density at radius 2 is 1.93 bits per heavy atom. The number of rotatable bonds is 8. The number of piperidine rings is 1. The van der Waals surface area contributed by atoms with E-state index in [9.17, 15) is 31.5 Å². The fourth-order valence-electron chi connectivity index (χ4n) is 4.12. The van der Waals surface area contributed by atoms with Crippen LogP contribution in [0.2, 0.25) is 0 Å². The topological polar surface area (TPSA) is 141 Å². The third-order valence-corrected chi connectivity index (χ3v) is 7.44. The number of sulfonamides is 1. The number of likely N-dealkylation sites (tertiary alicyclic amines) is 1. The first-order chi connectivity index (χ1) is 18.8. The Morgan fingerprint density at radius 1 is 1.20 bits per heavy atom. The number of benzene rings is 1. The van der Waals surface area contributed by atoms with Gasteiger partial charge in [-0.15, -0.1) is 0 Å². The second kappa shape index (κ2) is 11.6. The number of carbonyl (C=O) groups is 1. The number of alkyl halides is 3. The number of carbonyl (C=O) groups excluding carboxylic acids is 1. The van der Waals surface area contributed by atoms with E-state index < -0.39 is 33.7 Å². The van der Waals surface area contributed by atoms with E-state index in [1.165, 1.54) is 25.4 Å². The highest BCUT2D eigenvalue weighted by atomic mass is 32.2. The predicted octanol–water partition coefficient (Wildman–Crippen LogP) is 3.24. The van der Waals surface area contributed by atoms with Crippen molar-refractivity contribution in [3.63, 3.8) is 0 Å². The largest absolute Gasteiger partial charge is 0.421 e. The minimum Gasteiger partial charge on any atom is -0.391 e. The van der Waals surface area contributed by atoms with Gasteiger partial charge in [-0.1, -0.05) is 6.07 Å². The molecule has 214 valence electrons. The van der Waals surface area contributed by atoms with Crippen LogP contribution in [0.5, 0.6) is 0 Å². The number of anilines is 4. The highest BCUT2D eigenvalue weighted by Crippen LogP contribution is 2.34. The molecular formula is C25H28F3N7O4S. The maximum absolute atomic E-state index is 13.7. The number of pyridine rings is 1. The molecule has 1 unspecified atom stereocenters. The number of nitrogens with one attached hydrogen (secondary N) is 2. The summed E-state index contributed by atoms with van der Waals surface area (Å²) in [5.74, 6) is -0.809. The summed E-state index contributed by atoms with van der Waals surface area (Å²) >= 11 is 0. The fraction of sp³-hybridized carbons (Fsp3) is 0.360. The monoisotopic (exact) mass is 579 g/mol. The Kier molecular flexibility index (Phi) is 8.44. The zero-order valence-electron chi connectivity index (χ0n) is 21.7. The molecule has 0 spiro atoms. The van der Waals surface area contributed by atoms with E-state index in [0.29, 0.717) is 42.4 Å². The minimum absolute atomic E-state index is 0.0622. The van der Waals surface area contributed by atoms with Gasteiger partial charge >= 0.3 is 6.18 Å². The standard InChI is InChI=1S/C25H28F3N7O4S/c1-34(40(2,38)39)22-17(5-3-11-29-22)13-30-21-20(25(26,27)28)14-31-24(33-21)32-18-9-7-16(8-10-18)23(37)35-12-4-6-19(36)15-35/h3,5,7-11,14,19,36H,4,6,12-13,15H2,1-2H3,(H2,30,31,32,33). The molecule has 1 aliphatic heterocycles. The van der Waals surface area contributed by atoms with Gasteiger partial charge in [0.1, 0.15) is 17.2 Å². The molecule has 15 heteroatoms. The lowest BCUT2D eigenvalue weighted by Gasteiger charge is -2.30. The van der Waals surface area contributed by atoms with E-state index in [1.54, 1.807) is 29.2 Å². The quantitative estimate of drug-likeness (QED) is 0.367. The molecule has 0 bridgehead atoms. The molecule has 1 aliphatic rings. The molecule has 0 aliphatic carbocycles. The molecule has 1 aromatic carbocycles. The molecule has 40 heavy (non-hydrogen) atoms. The van der Waals surface area contributed by atoms with Gasteiger partial charge in [0, 0.05) is 55.9 Å². The summed E-state index contributed by atoms with van der Waals surface area (Å²) in [6.45, 7) is 0.611. The third-order valence-electron chi connectivity index (χ3n) is 6.28. The van der Waals surface area contributed by atoms with Crippen LogP contribution < -0.4 is 14.9 Å². The van der Waals surface area contributed by atoms with Gasteiger partial charge in [0.05, 0.1) is 12.4 Å². The maximum atomic E-state index is 13.7. The summed E-state index contributed by atoms with van der Waals surface area (Å²) in [5, 5.41) is 15.3. The van der Waals surface area contributed by atoms with Crippen LogP contribution in [0.15, 0.2) is 48.8 Å². The van der Waals surface area contributed by atoms with Crippen LogP contribution in [0.3, 0.4) is 0 Å². The van der Waals surface area contributed by atoms with Crippen molar-refractivity contribution in [1.29, 1.82) is 0 Å². The second-order valence-corrected chi connectivity index (χ2v) is 11.3. The maximum Gasteiger partial charge on any atom is 0.421 e. The van der Waals surface area contributed by atoms with Gasteiger partial charge in [0.25, 0.3) is 5.91 Å². The molecule has 4 rings (SSSR count). The molecule has 0 saturated carbocycles. The molecule has 0 radical (unpaired) electrons. The van der Waals surface area contributed by atoms with Crippen LogP contribution in [-0.4, -0.2) is 71.8 Å². The van der Waals surface area contributed by atoms with Crippen molar-refractivity contribution in [1.82, 2.24) is 19.9 Å². The van der Waals surface area contributed by atoms with Crippen LogP contribution >= 0.6 is 0 Å². The van der Waals surface area contributed by atoms with E-state index in [2.05, 4.69) is 25.6 Å². The average Bonchev–Trinajstić information content (AvgIpc) is 2.90. The Balaban J connectivity index is 1.52. The lowest BCUT2D eigenvalue weighted by Crippen LogP contribution is -2.42. The van der Waals surface area contributed by atoms with Gasteiger partial charge in [0.15, 0.2) is 0 Å². The molecule has 1 atom stereocenters. The van der Waals surface area contributed by atoms with Crippen molar-refractivity contribution in [3.05, 3.63) is 65.5 Å². The molecule has 3 N–H and O–H groups in total. The summed E-state index contributed by atoms with van der Waals surface area (Å²) in [7, 11) is -2.36. The first-order valence-electron chi connectivity index (χ1n) is 12.2. The summed E-state index contributed by atoms with van der Waals surface area (Å²) in [6, 6.07) is 9.36. The lowest BCUT2D eigenvalue weighted by molar-refractivity contribution is -0.137. The number of halogens is 3. The van der Waals surface area contributed by atoms with Crippen molar-refractivity contribution in [2.45, 2.75) is 31.7 Å². The van der Waals surface area contributed by atoms with Gasteiger partial charge in [-0.2, -0.15) is 18.2 Å². The fourth-order valence-corrected chi connectivity index (χ4v) is 4.60. The zero-order chi connectivity index (χ0) is 29.1. The molecule has 1 saturated heterocycles. The number of aliphatic hydroxyl groups is 1. The smallest absolute Gasteiger partial charge is 0.391 e. The van der Waals surface area contributed by atoms with Gasteiger partial charge in [-0.3, -0.25) is 9.10 Å². The summed E-state index contributed by atoms with van der Waals surface area (Å²) in [6.07, 6.45) is -0.936. The normalized spacial score (nSPS) is 15.9. The Labute approximate surface area is 229 Å².